The largest absolute Gasteiger partial charge is 0.495 e. The van der Waals surface area contributed by atoms with Gasteiger partial charge in [-0.1, -0.05) is 0 Å². The number of rotatable bonds is 3. The molecule has 0 spiro atoms. The van der Waals surface area contributed by atoms with E-state index in [2.05, 4.69) is 15.9 Å². The molecule has 0 saturated carbocycles. The van der Waals surface area contributed by atoms with Crippen LogP contribution in [0.1, 0.15) is 10.4 Å². The van der Waals surface area contributed by atoms with Gasteiger partial charge in [-0.05, 0) is 28.1 Å². The lowest BCUT2D eigenvalue weighted by Crippen LogP contribution is -2.29. The molecule has 6 nitrogen and oxygen atoms in total. The topological polar surface area (TPSA) is 79.2 Å². The average molecular weight is 346 g/mol. The second-order valence-corrected chi connectivity index (χ2v) is 5.33. The summed E-state index contributed by atoms with van der Waals surface area (Å²) in [6.45, 7) is 0.224. The average Bonchev–Trinajstić information content (AvgIpc) is 2.78. The van der Waals surface area contributed by atoms with Crippen molar-refractivity contribution in [2.75, 3.05) is 27.3 Å². The summed E-state index contributed by atoms with van der Waals surface area (Å²) < 4.78 is 11.0. The smallest absolute Gasteiger partial charge is 0.254 e. The quantitative estimate of drug-likeness (QED) is 0.840. The van der Waals surface area contributed by atoms with Gasteiger partial charge in [0, 0.05) is 18.7 Å². The SMILES string of the molecule is COc1cc(C(=O)N2C[C@@H](O)[C@@H](O)C2)cc(OC)c1Br. The van der Waals surface area contributed by atoms with Gasteiger partial charge in [-0.2, -0.15) is 0 Å². The summed E-state index contributed by atoms with van der Waals surface area (Å²) in [5.41, 5.74) is 0.378. The zero-order valence-corrected chi connectivity index (χ0v) is 12.8. The normalized spacial score (nSPS) is 21.9. The van der Waals surface area contributed by atoms with Gasteiger partial charge in [0.05, 0.1) is 26.4 Å². The number of carbonyl (C=O) groups is 1. The number of aliphatic hydroxyl groups is 2. The number of likely N-dealkylation sites (tertiary alicyclic amines) is 1. The zero-order chi connectivity index (χ0) is 14.9. The maximum Gasteiger partial charge on any atom is 0.254 e. The van der Waals surface area contributed by atoms with Crippen molar-refractivity contribution in [3.63, 3.8) is 0 Å². The molecular formula is C13H16BrNO5. The fraction of sp³-hybridized carbons (Fsp3) is 0.462. The molecule has 1 heterocycles. The van der Waals surface area contributed by atoms with E-state index in [1.807, 2.05) is 0 Å². The van der Waals surface area contributed by atoms with Gasteiger partial charge in [0.25, 0.3) is 5.91 Å². The first-order valence-corrected chi connectivity index (χ1v) is 6.84. The summed E-state index contributed by atoms with van der Waals surface area (Å²) in [4.78, 5) is 13.8. The molecule has 0 unspecified atom stereocenters. The molecular weight excluding hydrogens is 330 g/mol. The molecule has 1 fully saturated rings. The van der Waals surface area contributed by atoms with E-state index in [1.165, 1.54) is 19.1 Å². The fourth-order valence-electron chi connectivity index (χ4n) is 2.11. The Hall–Kier alpha value is -1.31. The molecule has 1 aliphatic rings. The number of nitrogens with zero attached hydrogens (tertiary/aromatic N) is 1. The number of carbonyl (C=O) groups excluding carboxylic acids is 1. The molecule has 110 valence electrons. The van der Waals surface area contributed by atoms with Crippen LogP contribution in [0.25, 0.3) is 0 Å². The highest BCUT2D eigenvalue weighted by Crippen LogP contribution is 2.36. The molecule has 1 aromatic carbocycles. The molecule has 7 heteroatoms. The predicted molar refractivity (Wildman–Crippen MR) is 75.2 cm³/mol. The monoisotopic (exact) mass is 345 g/mol. The molecule has 20 heavy (non-hydrogen) atoms. The summed E-state index contributed by atoms with van der Waals surface area (Å²) in [6.07, 6.45) is -1.81. The molecule has 0 radical (unpaired) electrons. The van der Waals surface area contributed by atoms with Crippen molar-refractivity contribution in [2.24, 2.45) is 0 Å². The third kappa shape index (κ3) is 2.74. The first kappa shape index (κ1) is 15.1. The molecule has 0 aromatic heterocycles. The minimum Gasteiger partial charge on any atom is -0.495 e. The van der Waals surface area contributed by atoms with Crippen molar-refractivity contribution >= 4 is 21.8 Å². The standard InChI is InChI=1S/C13H16BrNO5/c1-19-10-3-7(4-11(20-2)12(10)14)13(18)15-5-8(16)9(17)6-15/h3-4,8-9,16-17H,5-6H2,1-2H3/t8-,9+. The number of halogens is 1. The Morgan fingerprint density at radius 2 is 1.65 bits per heavy atom. The van der Waals surface area contributed by atoms with E-state index in [9.17, 15) is 15.0 Å². The van der Waals surface area contributed by atoms with Crippen molar-refractivity contribution < 1.29 is 24.5 Å². The van der Waals surface area contributed by atoms with E-state index in [4.69, 9.17) is 9.47 Å². The minimum absolute atomic E-state index is 0.112. The van der Waals surface area contributed by atoms with Crippen LogP contribution in [0.4, 0.5) is 0 Å². The molecule has 0 aliphatic carbocycles. The number of benzene rings is 1. The number of hydrogen-bond donors (Lipinski definition) is 2. The summed E-state index contributed by atoms with van der Waals surface area (Å²) in [7, 11) is 2.99. The summed E-state index contributed by atoms with van der Waals surface area (Å²) in [5.74, 6) is 0.672. The number of ether oxygens (including phenoxy) is 2. The predicted octanol–water partition coefficient (Wildman–Crippen LogP) is 0.644. The van der Waals surface area contributed by atoms with Crippen molar-refractivity contribution in [3.05, 3.63) is 22.2 Å². The van der Waals surface area contributed by atoms with Gasteiger partial charge in [-0.25, -0.2) is 0 Å². The summed E-state index contributed by atoms with van der Waals surface area (Å²) in [5, 5.41) is 19.0. The van der Waals surface area contributed by atoms with Gasteiger partial charge in [0.15, 0.2) is 0 Å². The Balaban J connectivity index is 2.31. The van der Waals surface area contributed by atoms with Gasteiger partial charge in [0.1, 0.15) is 16.0 Å². The van der Waals surface area contributed by atoms with E-state index in [0.29, 0.717) is 21.5 Å². The van der Waals surface area contributed by atoms with Crippen LogP contribution >= 0.6 is 15.9 Å². The zero-order valence-electron chi connectivity index (χ0n) is 11.2. The second kappa shape index (κ2) is 5.99. The maximum atomic E-state index is 12.4. The van der Waals surface area contributed by atoms with Gasteiger partial charge < -0.3 is 24.6 Å². The van der Waals surface area contributed by atoms with E-state index < -0.39 is 12.2 Å². The number of aliphatic hydroxyl groups excluding tert-OH is 2. The highest BCUT2D eigenvalue weighted by molar-refractivity contribution is 9.10. The van der Waals surface area contributed by atoms with Crippen LogP contribution in [0.2, 0.25) is 0 Å². The third-order valence-electron chi connectivity index (χ3n) is 3.24. The molecule has 0 bridgehead atoms. The molecule has 2 atom stereocenters. The van der Waals surface area contributed by atoms with E-state index in [1.54, 1.807) is 12.1 Å². The van der Waals surface area contributed by atoms with Gasteiger partial charge in [-0.3, -0.25) is 4.79 Å². The van der Waals surface area contributed by atoms with Crippen LogP contribution in [0.15, 0.2) is 16.6 Å². The van der Waals surface area contributed by atoms with Crippen LogP contribution in [0, 0.1) is 0 Å². The minimum atomic E-state index is -0.904. The Kier molecular flexibility index (Phi) is 4.52. The van der Waals surface area contributed by atoms with Crippen LogP contribution in [0.3, 0.4) is 0 Å². The third-order valence-corrected chi connectivity index (χ3v) is 4.02. The van der Waals surface area contributed by atoms with Gasteiger partial charge in [-0.15, -0.1) is 0 Å². The van der Waals surface area contributed by atoms with Crippen molar-refractivity contribution in [3.8, 4) is 11.5 Å². The molecule has 2 N–H and O–H groups in total. The highest BCUT2D eigenvalue weighted by atomic mass is 79.9. The van der Waals surface area contributed by atoms with Crippen molar-refractivity contribution in [1.82, 2.24) is 4.90 Å². The van der Waals surface area contributed by atoms with Crippen molar-refractivity contribution in [2.45, 2.75) is 12.2 Å². The number of β-amino-alcohol motifs (C(OH)–C–C–N with tert-alkyl or cyclic N) is 2. The van der Waals surface area contributed by atoms with E-state index in [0.717, 1.165) is 0 Å². The summed E-state index contributed by atoms with van der Waals surface area (Å²) >= 11 is 3.33. The van der Waals surface area contributed by atoms with Crippen LogP contribution in [0.5, 0.6) is 11.5 Å². The first-order valence-electron chi connectivity index (χ1n) is 6.04. The molecule has 2 rings (SSSR count). The Bertz CT molecular complexity index is 486. The maximum absolute atomic E-state index is 12.4. The van der Waals surface area contributed by atoms with E-state index in [-0.39, 0.29) is 19.0 Å². The van der Waals surface area contributed by atoms with Gasteiger partial charge >= 0.3 is 0 Å². The van der Waals surface area contributed by atoms with Crippen LogP contribution in [-0.2, 0) is 0 Å². The lowest BCUT2D eigenvalue weighted by molar-refractivity contribution is 0.0572. The number of amides is 1. The summed E-state index contributed by atoms with van der Waals surface area (Å²) in [6, 6.07) is 3.18. The first-order chi connectivity index (χ1) is 9.47. The van der Waals surface area contributed by atoms with E-state index >= 15 is 0 Å². The van der Waals surface area contributed by atoms with Crippen LogP contribution in [-0.4, -0.2) is 60.5 Å². The Morgan fingerprint density at radius 1 is 1.20 bits per heavy atom. The molecule has 1 saturated heterocycles. The molecule has 1 aliphatic heterocycles. The highest BCUT2D eigenvalue weighted by Gasteiger charge is 2.33. The number of hydrogen-bond acceptors (Lipinski definition) is 5. The Morgan fingerprint density at radius 3 is 2.05 bits per heavy atom. The fourth-order valence-corrected chi connectivity index (χ4v) is 2.66. The second-order valence-electron chi connectivity index (χ2n) is 4.54. The number of methoxy groups -OCH3 is 2. The Labute approximate surface area is 125 Å². The lowest BCUT2D eigenvalue weighted by atomic mass is 10.1. The molecule has 1 amide bonds. The van der Waals surface area contributed by atoms with Crippen molar-refractivity contribution in [1.29, 1.82) is 0 Å². The molecule has 1 aromatic rings. The lowest BCUT2D eigenvalue weighted by Gasteiger charge is -2.17. The van der Waals surface area contributed by atoms with Crippen LogP contribution < -0.4 is 9.47 Å². The van der Waals surface area contributed by atoms with Gasteiger partial charge in [0.2, 0.25) is 0 Å².